The first-order chi connectivity index (χ1) is 10.6. The Morgan fingerprint density at radius 3 is 2.95 bits per heavy atom. The molecule has 1 unspecified atom stereocenters. The Kier molecular flexibility index (Phi) is 4.04. The van der Waals surface area contributed by atoms with E-state index in [2.05, 4.69) is 10.4 Å². The second-order valence-corrected chi connectivity index (χ2v) is 5.72. The van der Waals surface area contributed by atoms with Crippen LogP contribution in [-0.2, 0) is 19.2 Å². The molecule has 1 aliphatic heterocycles. The minimum Gasteiger partial charge on any atom is -0.486 e. The van der Waals surface area contributed by atoms with Gasteiger partial charge in [0.15, 0.2) is 11.5 Å². The van der Waals surface area contributed by atoms with Crippen molar-refractivity contribution >= 4 is 0 Å². The number of aliphatic hydroxyl groups is 1. The van der Waals surface area contributed by atoms with E-state index >= 15 is 0 Å². The third-order valence-corrected chi connectivity index (χ3v) is 3.76. The lowest BCUT2D eigenvalue weighted by Gasteiger charge is -2.24. The molecule has 0 radical (unpaired) electrons. The molecule has 2 N–H and O–H groups in total. The van der Waals surface area contributed by atoms with Crippen LogP contribution in [0.15, 0.2) is 30.6 Å². The third-order valence-electron chi connectivity index (χ3n) is 3.76. The lowest BCUT2D eigenvalue weighted by Crippen LogP contribution is -2.35. The molecule has 0 fully saturated rings. The van der Waals surface area contributed by atoms with Crippen LogP contribution in [0, 0.1) is 0 Å². The number of nitrogens with one attached hydrogen (secondary N) is 1. The summed E-state index contributed by atoms with van der Waals surface area (Å²) in [5.41, 5.74) is 0.844. The van der Waals surface area contributed by atoms with E-state index in [-0.39, 0.29) is 0 Å². The fourth-order valence-electron chi connectivity index (χ4n) is 2.52. The van der Waals surface area contributed by atoms with Crippen molar-refractivity contribution in [1.82, 2.24) is 15.1 Å². The summed E-state index contributed by atoms with van der Waals surface area (Å²) in [6, 6.07) is 5.85. The summed E-state index contributed by atoms with van der Waals surface area (Å²) in [7, 11) is 1.83. The van der Waals surface area contributed by atoms with Crippen LogP contribution in [0.4, 0.5) is 0 Å². The van der Waals surface area contributed by atoms with Gasteiger partial charge in [-0.15, -0.1) is 0 Å². The smallest absolute Gasteiger partial charge is 0.165 e. The SMILES string of the molecule is Cn1cc(C(C)(O)CNCc2cccc3c2OCCO3)cn1. The Balaban J connectivity index is 1.64. The molecular weight excluding hydrogens is 282 g/mol. The molecule has 1 aromatic heterocycles. The largest absolute Gasteiger partial charge is 0.486 e. The zero-order chi connectivity index (χ0) is 15.6. The first-order valence-electron chi connectivity index (χ1n) is 7.36. The van der Waals surface area contributed by atoms with Crippen molar-refractivity contribution in [2.24, 2.45) is 7.05 Å². The number of rotatable bonds is 5. The molecule has 0 saturated heterocycles. The van der Waals surface area contributed by atoms with Gasteiger partial charge in [0.05, 0.1) is 6.20 Å². The third kappa shape index (κ3) is 3.08. The molecule has 1 atom stereocenters. The summed E-state index contributed by atoms with van der Waals surface area (Å²) < 4.78 is 12.9. The first-order valence-corrected chi connectivity index (χ1v) is 7.36. The van der Waals surface area contributed by atoms with Gasteiger partial charge < -0.3 is 19.9 Å². The lowest BCUT2D eigenvalue weighted by molar-refractivity contribution is 0.0564. The number of ether oxygens (including phenoxy) is 2. The molecule has 22 heavy (non-hydrogen) atoms. The van der Waals surface area contributed by atoms with Crippen LogP contribution in [0.2, 0.25) is 0 Å². The average Bonchev–Trinajstić information content (AvgIpc) is 2.95. The minimum absolute atomic E-state index is 0.420. The maximum Gasteiger partial charge on any atom is 0.165 e. The van der Waals surface area contributed by atoms with Crippen LogP contribution in [0.1, 0.15) is 18.1 Å². The second-order valence-electron chi connectivity index (χ2n) is 5.72. The van der Waals surface area contributed by atoms with E-state index in [9.17, 15) is 5.11 Å². The summed E-state index contributed by atoms with van der Waals surface area (Å²) in [5.74, 6) is 1.58. The van der Waals surface area contributed by atoms with Gasteiger partial charge in [-0.25, -0.2) is 0 Å². The number of para-hydroxylation sites is 1. The highest BCUT2D eigenvalue weighted by Crippen LogP contribution is 2.33. The van der Waals surface area contributed by atoms with Crippen LogP contribution in [-0.4, -0.2) is 34.6 Å². The number of aryl methyl sites for hydroxylation is 1. The lowest BCUT2D eigenvalue weighted by atomic mass is 9.99. The van der Waals surface area contributed by atoms with E-state index in [1.807, 2.05) is 31.4 Å². The van der Waals surface area contributed by atoms with Crippen molar-refractivity contribution in [1.29, 1.82) is 0 Å². The Morgan fingerprint density at radius 2 is 2.18 bits per heavy atom. The number of hydrogen-bond donors (Lipinski definition) is 2. The first kappa shape index (κ1) is 14.9. The zero-order valence-electron chi connectivity index (χ0n) is 12.9. The zero-order valence-corrected chi connectivity index (χ0v) is 12.9. The van der Waals surface area contributed by atoms with E-state index in [0.717, 1.165) is 22.6 Å². The Morgan fingerprint density at radius 1 is 1.36 bits per heavy atom. The molecule has 0 amide bonds. The Hall–Kier alpha value is -2.05. The number of aromatic nitrogens is 2. The van der Waals surface area contributed by atoms with Crippen molar-refractivity contribution in [3.8, 4) is 11.5 Å². The molecule has 0 bridgehead atoms. The average molecular weight is 303 g/mol. The summed E-state index contributed by atoms with van der Waals surface area (Å²) in [4.78, 5) is 0. The molecule has 2 aromatic rings. The van der Waals surface area contributed by atoms with E-state index in [4.69, 9.17) is 9.47 Å². The summed E-state index contributed by atoms with van der Waals surface area (Å²) in [5, 5.41) is 17.9. The summed E-state index contributed by atoms with van der Waals surface area (Å²) in [6.07, 6.45) is 3.51. The highest BCUT2D eigenvalue weighted by atomic mass is 16.6. The van der Waals surface area contributed by atoms with Gasteiger partial charge in [0.25, 0.3) is 0 Å². The van der Waals surface area contributed by atoms with Crippen LogP contribution in [0.25, 0.3) is 0 Å². The molecule has 118 valence electrons. The van der Waals surface area contributed by atoms with Crippen molar-refractivity contribution in [3.63, 3.8) is 0 Å². The highest BCUT2D eigenvalue weighted by Gasteiger charge is 2.24. The Bertz CT molecular complexity index is 652. The van der Waals surface area contributed by atoms with Crippen molar-refractivity contribution < 1.29 is 14.6 Å². The van der Waals surface area contributed by atoms with Gasteiger partial charge >= 0.3 is 0 Å². The van der Waals surface area contributed by atoms with Gasteiger partial charge in [-0.2, -0.15) is 5.10 Å². The monoisotopic (exact) mass is 303 g/mol. The Labute approximate surface area is 129 Å². The summed E-state index contributed by atoms with van der Waals surface area (Å²) in [6.45, 7) is 3.94. The molecule has 3 rings (SSSR count). The molecule has 0 spiro atoms. The quantitative estimate of drug-likeness (QED) is 0.868. The molecule has 1 aliphatic rings. The number of hydrogen-bond acceptors (Lipinski definition) is 5. The normalized spacial score (nSPS) is 16.3. The fraction of sp³-hybridized carbons (Fsp3) is 0.438. The van der Waals surface area contributed by atoms with Crippen LogP contribution in [0.3, 0.4) is 0 Å². The van der Waals surface area contributed by atoms with Crippen molar-refractivity contribution in [3.05, 3.63) is 41.7 Å². The topological polar surface area (TPSA) is 68.5 Å². The van der Waals surface area contributed by atoms with Crippen LogP contribution < -0.4 is 14.8 Å². The molecule has 1 aromatic carbocycles. The van der Waals surface area contributed by atoms with E-state index < -0.39 is 5.60 Å². The van der Waals surface area contributed by atoms with Gasteiger partial charge in [-0.3, -0.25) is 4.68 Å². The predicted octanol–water partition coefficient (Wildman–Crippen LogP) is 1.19. The molecular formula is C16H21N3O3. The highest BCUT2D eigenvalue weighted by molar-refractivity contribution is 5.47. The van der Waals surface area contributed by atoms with Crippen LogP contribution >= 0.6 is 0 Å². The van der Waals surface area contributed by atoms with Gasteiger partial charge in [-0.05, 0) is 13.0 Å². The number of nitrogens with zero attached hydrogens (tertiary/aromatic N) is 2. The van der Waals surface area contributed by atoms with E-state index in [1.165, 1.54) is 0 Å². The van der Waals surface area contributed by atoms with Gasteiger partial charge in [0.2, 0.25) is 0 Å². The van der Waals surface area contributed by atoms with Gasteiger partial charge in [0.1, 0.15) is 18.8 Å². The molecule has 6 heteroatoms. The molecule has 6 nitrogen and oxygen atoms in total. The van der Waals surface area contributed by atoms with Crippen molar-refractivity contribution in [2.45, 2.75) is 19.1 Å². The predicted molar refractivity (Wildman–Crippen MR) is 81.9 cm³/mol. The van der Waals surface area contributed by atoms with Gasteiger partial charge in [0, 0.05) is 37.5 Å². The molecule has 0 aliphatic carbocycles. The van der Waals surface area contributed by atoms with E-state index in [1.54, 1.807) is 17.8 Å². The fourth-order valence-corrected chi connectivity index (χ4v) is 2.52. The van der Waals surface area contributed by atoms with Crippen molar-refractivity contribution in [2.75, 3.05) is 19.8 Å². The summed E-state index contributed by atoms with van der Waals surface area (Å²) >= 11 is 0. The standard InChI is InChI=1S/C16H21N3O3/c1-16(20,13-9-18-19(2)10-13)11-17-8-12-4-3-5-14-15(12)22-7-6-21-14/h3-5,9-10,17,20H,6-8,11H2,1-2H3. The number of fused-ring (bicyclic) bond motifs is 1. The van der Waals surface area contributed by atoms with Gasteiger partial charge in [-0.1, -0.05) is 12.1 Å². The maximum absolute atomic E-state index is 10.5. The molecule has 0 saturated carbocycles. The van der Waals surface area contributed by atoms with Crippen LogP contribution in [0.5, 0.6) is 11.5 Å². The minimum atomic E-state index is -0.972. The number of benzene rings is 1. The maximum atomic E-state index is 10.5. The second kappa shape index (κ2) is 5.98. The molecule has 2 heterocycles. The van der Waals surface area contributed by atoms with E-state index in [0.29, 0.717) is 26.3 Å².